The fourth-order valence-electron chi connectivity index (χ4n) is 1.24. The monoisotopic (exact) mass is 253 g/mol. The van der Waals surface area contributed by atoms with E-state index in [4.69, 9.17) is 5.73 Å². The normalized spacial score (nSPS) is 10.5. The van der Waals surface area contributed by atoms with E-state index in [1.165, 1.54) is 24.0 Å². The number of nitrogens with zero attached hydrogens (tertiary/aromatic N) is 2. The number of nitrogens with two attached hydrogens (primary N) is 1. The predicted molar refractivity (Wildman–Crippen MR) is 60.4 cm³/mol. The highest BCUT2D eigenvalue weighted by Crippen LogP contribution is 2.28. The van der Waals surface area contributed by atoms with Gasteiger partial charge in [0.15, 0.2) is 11.6 Å². The zero-order valence-corrected chi connectivity index (χ0v) is 9.55. The van der Waals surface area contributed by atoms with Gasteiger partial charge < -0.3 is 5.73 Å². The van der Waals surface area contributed by atoms with Gasteiger partial charge in [0.05, 0.1) is 0 Å². The van der Waals surface area contributed by atoms with Gasteiger partial charge in [0.2, 0.25) is 0 Å². The van der Waals surface area contributed by atoms with Crippen LogP contribution in [0.3, 0.4) is 0 Å². The summed E-state index contributed by atoms with van der Waals surface area (Å²) < 4.78 is 25.8. The van der Waals surface area contributed by atoms with E-state index >= 15 is 0 Å². The van der Waals surface area contributed by atoms with Crippen LogP contribution in [0.4, 0.5) is 8.78 Å². The molecule has 6 heteroatoms. The number of aromatic nitrogens is 2. The number of hydrogen-bond donors (Lipinski definition) is 1. The molecule has 0 spiro atoms. The van der Waals surface area contributed by atoms with Gasteiger partial charge in [-0.15, -0.1) is 5.10 Å². The Labute approximate surface area is 101 Å². The van der Waals surface area contributed by atoms with E-state index in [9.17, 15) is 8.78 Å². The van der Waals surface area contributed by atoms with Crippen LogP contribution in [0.1, 0.15) is 5.56 Å². The minimum Gasteiger partial charge on any atom is -0.326 e. The third-order valence-corrected chi connectivity index (χ3v) is 3.12. The van der Waals surface area contributed by atoms with Crippen molar-refractivity contribution in [3.05, 3.63) is 47.7 Å². The molecular formula is C11H9F2N3S. The third kappa shape index (κ3) is 2.78. The lowest BCUT2D eigenvalue weighted by atomic mass is 10.3. The Hall–Kier alpha value is -1.53. The Bertz CT molecular complexity index is 534. The van der Waals surface area contributed by atoms with Crippen molar-refractivity contribution in [3.63, 3.8) is 0 Å². The molecule has 2 rings (SSSR count). The van der Waals surface area contributed by atoms with Crippen LogP contribution in [0, 0.1) is 11.6 Å². The Morgan fingerprint density at radius 3 is 2.71 bits per heavy atom. The second-order valence-corrected chi connectivity index (χ2v) is 4.31. The summed E-state index contributed by atoms with van der Waals surface area (Å²) in [4.78, 5) is 0.555. The second kappa shape index (κ2) is 5.20. The molecule has 0 saturated heterocycles. The molecule has 1 aromatic carbocycles. The molecule has 0 fully saturated rings. The van der Waals surface area contributed by atoms with Crippen LogP contribution in [0.15, 0.2) is 40.4 Å². The Morgan fingerprint density at radius 2 is 2.00 bits per heavy atom. The quantitative estimate of drug-likeness (QED) is 0.912. The van der Waals surface area contributed by atoms with Gasteiger partial charge in [0.25, 0.3) is 0 Å². The lowest BCUT2D eigenvalue weighted by molar-refractivity contribution is 0.506. The Balaban J connectivity index is 2.28. The molecule has 0 amide bonds. The average Bonchev–Trinajstić information content (AvgIpc) is 2.34. The first-order chi connectivity index (χ1) is 8.20. The van der Waals surface area contributed by atoms with Crippen LogP contribution in [-0.4, -0.2) is 10.2 Å². The van der Waals surface area contributed by atoms with Gasteiger partial charge in [0, 0.05) is 23.2 Å². The molecule has 0 radical (unpaired) electrons. The van der Waals surface area contributed by atoms with Crippen LogP contribution >= 0.6 is 11.8 Å². The van der Waals surface area contributed by atoms with Crippen molar-refractivity contribution in [3.8, 4) is 0 Å². The highest BCUT2D eigenvalue weighted by molar-refractivity contribution is 7.99. The van der Waals surface area contributed by atoms with E-state index in [0.29, 0.717) is 16.5 Å². The molecule has 2 N–H and O–H groups in total. The first kappa shape index (κ1) is 11.9. The van der Waals surface area contributed by atoms with Gasteiger partial charge in [-0.05, 0) is 24.3 Å². The molecule has 1 heterocycles. The summed E-state index contributed by atoms with van der Waals surface area (Å²) in [6.45, 7) is 0.321. The molecule has 0 atom stereocenters. The van der Waals surface area contributed by atoms with Crippen LogP contribution in [-0.2, 0) is 6.54 Å². The van der Waals surface area contributed by atoms with E-state index < -0.39 is 11.6 Å². The lowest BCUT2D eigenvalue weighted by Gasteiger charge is -2.05. The standard InChI is InChI=1S/C11H9F2N3S/c12-9-2-1-8(5-10(9)13)17-11-7(6-14)3-4-15-16-11/h1-5H,6,14H2. The van der Waals surface area contributed by atoms with Crippen molar-refractivity contribution in [2.24, 2.45) is 5.73 Å². The molecule has 0 aliphatic rings. The molecule has 0 bridgehead atoms. The third-order valence-electron chi connectivity index (χ3n) is 2.09. The number of hydrogen-bond acceptors (Lipinski definition) is 4. The van der Waals surface area contributed by atoms with Crippen molar-refractivity contribution < 1.29 is 8.78 Å². The van der Waals surface area contributed by atoms with Gasteiger partial charge in [-0.3, -0.25) is 0 Å². The largest absolute Gasteiger partial charge is 0.326 e. The zero-order valence-electron chi connectivity index (χ0n) is 8.73. The van der Waals surface area contributed by atoms with Crippen LogP contribution in [0.5, 0.6) is 0 Å². The molecule has 0 aliphatic carbocycles. The number of benzene rings is 1. The minimum absolute atomic E-state index is 0.321. The maximum Gasteiger partial charge on any atom is 0.159 e. The predicted octanol–water partition coefficient (Wildman–Crippen LogP) is 2.36. The fraction of sp³-hybridized carbons (Fsp3) is 0.0909. The maximum absolute atomic E-state index is 13.0. The molecule has 1 aromatic heterocycles. The van der Waals surface area contributed by atoms with Crippen molar-refractivity contribution in [1.82, 2.24) is 10.2 Å². The zero-order chi connectivity index (χ0) is 12.3. The van der Waals surface area contributed by atoms with Gasteiger partial charge >= 0.3 is 0 Å². The molecular weight excluding hydrogens is 244 g/mol. The summed E-state index contributed by atoms with van der Waals surface area (Å²) in [6, 6.07) is 5.43. The summed E-state index contributed by atoms with van der Waals surface area (Å²) in [5, 5.41) is 8.25. The van der Waals surface area contributed by atoms with E-state index in [2.05, 4.69) is 10.2 Å². The molecule has 0 aliphatic heterocycles. The SMILES string of the molecule is NCc1ccnnc1Sc1ccc(F)c(F)c1. The summed E-state index contributed by atoms with van der Waals surface area (Å²) in [6.07, 6.45) is 1.54. The highest BCUT2D eigenvalue weighted by atomic mass is 32.2. The summed E-state index contributed by atoms with van der Waals surface area (Å²) in [7, 11) is 0. The van der Waals surface area contributed by atoms with Crippen molar-refractivity contribution in [2.45, 2.75) is 16.5 Å². The highest BCUT2D eigenvalue weighted by Gasteiger charge is 2.08. The van der Waals surface area contributed by atoms with Crippen LogP contribution in [0.25, 0.3) is 0 Å². The number of halogens is 2. The van der Waals surface area contributed by atoms with Gasteiger partial charge in [-0.25, -0.2) is 8.78 Å². The van der Waals surface area contributed by atoms with E-state index in [1.807, 2.05) is 0 Å². The van der Waals surface area contributed by atoms with E-state index in [1.54, 1.807) is 6.07 Å². The van der Waals surface area contributed by atoms with Crippen molar-refractivity contribution in [2.75, 3.05) is 0 Å². The number of rotatable bonds is 3. The minimum atomic E-state index is -0.881. The van der Waals surface area contributed by atoms with Crippen LogP contribution < -0.4 is 5.73 Å². The lowest BCUT2D eigenvalue weighted by Crippen LogP contribution is -2.00. The summed E-state index contributed by atoms with van der Waals surface area (Å²) >= 11 is 1.20. The molecule has 0 saturated carbocycles. The average molecular weight is 253 g/mol. The second-order valence-electron chi connectivity index (χ2n) is 3.24. The van der Waals surface area contributed by atoms with Crippen molar-refractivity contribution >= 4 is 11.8 Å². The topological polar surface area (TPSA) is 51.8 Å². The van der Waals surface area contributed by atoms with E-state index in [0.717, 1.165) is 17.7 Å². The molecule has 0 unspecified atom stereocenters. The molecule has 3 nitrogen and oxygen atoms in total. The molecule has 88 valence electrons. The molecule has 17 heavy (non-hydrogen) atoms. The first-order valence-corrected chi connectivity index (χ1v) is 5.66. The fourth-order valence-corrected chi connectivity index (χ4v) is 2.13. The van der Waals surface area contributed by atoms with Gasteiger partial charge in [-0.2, -0.15) is 5.10 Å². The van der Waals surface area contributed by atoms with Gasteiger partial charge in [-0.1, -0.05) is 11.8 Å². The Morgan fingerprint density at radius 1 is 1.18 bits per heavy atom. The smallest absolute Gasteiger partial charge is 0.159 e. The maximum atomic E-state index is 13.0. The Kier molecular flexibility index (Phi) is 3.65. The first-order valence-electron chi connectivity index (χ1n) is 4.84. The van der Waals surface area contributed by atoms with Gasteiger partial charge in [0.1, 0.15) is 5.03 Å². The molecule has 2 aromatic rings. The summed E-state index contributed by atoms with van der Waals surface area (Å²) in [5.41, 5.74) is 6.36. The van der Waals surface area contributed by atoms with Crippen molar-refractivity contribution in [1.29, 1.82) is 0 Å². The van der Waals surface area contributed by atoms with E-state index in [-0.39, 0.29) is 0 Å². The summed E-state index contributed by atoms with van der Waals surface area (Å²) in [5.74, 6) is -1.75. The van der Waals surface area contributed by atoms with Crippen LogP contribution in [0.2, 0.25) is 0 Å².